The summed E-state index contributed by atoms with van der Waals surface area (Å²) in [4.78, 5) is 11.6. The highest BCUT2D eigenvalue weighted by atomic mass is 16.5. The van der Waals surface area contributed by atoms with Gasteiger partial charge in [-0.05, 0) is 26.0 Å². The molecule has 0 bridgehead atoms. The predicted octanol–water partition coefficient (Wildman–Crippen LogP) is 4.48. The second-order valence-corrected chi connectivity index (χ2v) is 3.96. The smallest absolute Gasteiger partial charge is 0.170 e. The van der Waals surface area contributed by atoms with Crippen LogP contribution in [0.5, 0.6) is 5.75 Å². The molecule has 96 valence electrons. The molecule has 0 aliphatic carbocycles. The van der Waals surface area contributed by atoms with E-state index in [1.807, 2.05) is 65.8 Å². The van der Waals surface area contributed by atoms with Crippen LogP contribution in [0.15, 0.2) is 24.3 Å². The van der Waals surface area contributed by atoms with E-state index in [0.717, 1.165) is 0 Å². The van der Waals surface area contributed by atoms with Gasteiger partial charge in [-0.25, -0.2) is 0 Å². The number of hydrogen-bond donors (Lipinski definition) is 0. The van der Waals surface area contributed by atoms with Crippen molar-refractivity contribution in [2.75, 3.05) is 0 Å². The molecule has 0 saturated heterocycles. The van der Waals surface area contributed by atoms with E-state index in [9.17, 15) is 4.79 Å². The molecule has 0 unspecified atom stereocenters. The molecular weight excluding hydrogens is 212 g/mol. The van der Waals surface area contributed by atoms with E-state index < -0.39 is 0 Å². The minimum Gasteiger partial charge on any atom is -0.487 e. The largest absolute Gasteiger partial charge is 0.487 e. The lowest BCUT2D eigenvalue weighted by Gasteiger charge is -2.31. The van der Waals surface area contributed by atoms with Crippen LogP contribution in [-0.2, 0) is 0 Å². The number of Topliss-reactive ketones (excluding diaryl/α,β-unsaturated/α-hetero) is 1. The molecule has 0 radical (unpaired) electrons. The molecule has 1 aliphatic heterocycles. The van der Waals surface area contributed by atoms with Gasteiger partial charge in [-0.1, -0.05) is 39.8 Å². The van der Waals surface area contributed by atoms with E-state index in [-0.39, 0.29) is 11.4 Å². The summed E-state index contributed by atoms with van der Waals surface area (Å²) in [5, 5.41) is 0. The first-order valence-electron chi connectivity index (χ1n) is 6.40. The number of hydrogen-bond acceptors (Lipinski definition) is 2. The summed E-state index contributed by atoms with van der Waals surface area (Å²) >= 11 is 0. The summed E-state index contributed by atoms with van der Waals surface area (Å²) < 4.78 is 5.67. The molecule has 0 fully saturated rings. The van der Waals surface area contributed by atoms with Crippen LogP contribution in [0.4, 0.5) is 0 Å². The number of para-hydroxylation sites is 1. The SMILES string of the molecule is CC.CC.CC1(C)CC(=O)c2ccccc2O1. The van der Waals surface area contributed by atoms with Gasteiger partial charge in [0.15, 0.2) is 5.78 Å². The highest BCUT2D eigenvalue weighted by Crippen LogP contribution is 2.32. The molecule has 0 atom stereocenters. The summed E-state index contributed by atoms with van der Waals surface area (Å²) in [7, 11) is 0. The maximum Gasteiger partial charge on any atom is 0.170 e. The maximum atomic E-state index is 11.6. The number of rotatable bonds is 0. The Morgan fingerprint density at radius 1 is 1.06 bits per heavy atom. The highest BCUT2D eigenvalue weighted by molar-refractivity contribution is 6.00. The first-order valence-corrected chi connectivity index (χ1v) is 6.40. The summed E-state index contributed by atoms with van der Waals surface area (Å²) in [6.07, 6.45) is 0.462. The van der Waals surface area contributed by atoms with Crippen LogP contribution >= 0.6 is 0 Å². The van der Waals surface area contributed by atoms with Crippen molar-refractivity contribution in [2.24, 2.45) is 0 Å². The molecule has 0 aromatic heterocycles. The Bertz CT molecular complexity index is 354. The van der Waals surface area contributed by atoms with E-state index in [1.165, 1.54) is 0 Å². The molecule has 2 nitrogen and oxygen atoms in total. The van der Waals surface area contributed by atoms with Crippen LogP contribution in [0.1, 0.15) is 58.3 Å². The Morgan fingerprint density at radius 3 is 2.18 bits per heavy atom. The van der Waals surface area contributed by atoms with Crippen LogP contribution < -0.4 is 4.74 Å². The number of carbonyl (C=O) groups is 1. The molecular formula is C15H24O2. The van der Waals surface area contributed by atoms with Gasteiger partial charge in [0.05, 0.1) is 12.0 Å². The average molecular weight is 236 g/mol. The zero-order valence-corrected chi connectivity index (χ0v) is 11.8. The lowest BCUT2D eigenvalue weighted by atomic mass is 9.93. The predicted molar refractivity (Wildman–Crippen MR) is 72.8 cm³/mol. The fraction of sp³-hybridized carbons (Fsp3) is 0.533. The van der Waals surface area contributed by atoms with Gasteiger partial charge in [0.1, 0.15) is 11.4 Å². The van der Waals surface area contributed by atoms with Crippen molar-refractivity contribution in [3.63, 3.8) is 0 Å². The maximum absolute atomic E-state index is 11.6. The molecule has 1 aromatic rings. The standard InChI is InChI=1S/C11H12O2.2C2H6/c1-11(2)7-9(12)8-5-3-4-6-10(8)13-11;2*1-2/h3-6H,7H2,1-2H3;2*1-2H3. The van der Waals surface area contributed by atoms with Gasteiger partial charge < -0.3 is 4.74 Å². The number of ether oxygens (including phenoxy) is 1. The molecule has 1 heterocycles. The van der Waals surface area contributed by atoms with E-state index in [4.69, 9.17) is 4.74 Å². The molecule has 0 N–H and O–H groups in total. The van der Waals surface area contributed by atoms with Gasteiger partial charge in [-0.15, -0.1) is 0 Å². The third kappa shape index (κ3) is 4.22. The van der Waals surface area contributed by atoms with Crippen molar-refractivity contribution in [3.8, 4) is 5.75 Å². The number of ketones is 1. The van der Waals surface area contributed by atoms with E-state index in [1.54, 1.807) is 0 Å². The van der Waals surface area contributed by atoms with Crippen molar-refractivity contribution in [2.45, 2.75) is 53.6 Å². The van der Waals surface area contributed by atoms with E-state index >= 15 is 0 Å². The summed E-state index contributed by atoms with van der Waals surface area (Å²) in [6, 6.07) is 7.40. The second-order valence-electron chi connectivity index (χ2n) is 3.96. The van der Waals surface area contributed by atoms with Crippen molar-refractivity contribution < 1.29 is 9.53 Å². The third-order valence-electron chi connectivity index (χ3n) is 2.16. The highest BCUT2D eigenvalue weighted by Gasteiger charge is 2.31. The Labute approximate surface area is 105 Å². The quantitative estimate of drug-likeness (QED) is 0.663. The molecule has 17 heavy (non-hydrogen) atoms. The molecule has 0 spiro atoms. The van der Waals surface area contributed by atoms with Crippen molar-refractivity contribution in [3.05, 3.63) is 29.8 Å². The van der Waals surface area contributed by atoms with Gasteiger partial charge in [-0.2, -0.15) is 0 Å². The van der Waals surface area contributed by atoms with Crippen LogP contribution in [0.25, 0.3) is 0 Å². The summed E-state index contributed by atoms with van der Waals surface area (Å²) in [5.41, 5.74) is 0.354. The second kappa shape index (κ2) is 7.10. The molecule has 1 aliphatic rings. The molecule has 2 heteroatoms. The van der Waals surface area contributed by atoms with Gasteiger partial charge in [0, 0.05) is 0 Å². The lowest BCUT2D eigenvalue weighted by Crippen LogP contribution is -2.35. The van der Waals surface area contributed by atoms with Gasteiger partial charge in [0.2, 0.25) is 0 Å². The molecule has 1 aromatic carbocycles. The third-order valence-corrected chi connectivity index (χ3v) is 2.16. The number of fused-ring (bicyclic) bond motifs is 1. The normalized spacial score (nSPS) is 15.3. The van der Waals surface area contributed by atoms with Crippen molar-refractivity contribution in [1.82, 2.24) is 0 Å². The van der Waals surface area contributed by atoms with Gasteiger partial charge in [-0.3, -0.25) is 4.79 Å². The molecule has 2 rings (SSSR count). The van der Waals surface area contributed by atoms with E-state index in [0.29, 0.717) is 17.7 Å². The Morgan fingerprint density at radius 2 is 1.59 bits per heavy atom. The Balaban J connectivity index is 0.000000581. The van der Waals surface area contributed by atoms with Gasteiger partial charge >= 0.3 is 0 Å². The minimum atomic E-state index is -0.356. The first kappa shape index (κ1) is 15.7. The van der Waals surface area contributed by atoms with Crippen LogP contribution in [0.3, 0.4) is 0 Å². The van der Waals surface area contributed by atoms with E-state index in [2.05, 4.69) is 0 Å². The van der Waals surface area contributed by atoms with Crippen LogP contribution in [0, 0.1) is 0 Å². The zero-order chi connectivity index (χ0) is 13.5. The molecule has 0 saturated carbocycles. The Hall–Kier alpha value is -1.31. The minimum absolute atomic E-state index is 0.173. The summed E-state index contributed by atoms with van der Waals surface area (Å²) in [5.74, 6) is 0.885. The first-order chi connectivity index (χ1) is 8.08. The van der Waals surface area contributed by atoms with Crippen LogP contribution in [0.2, 0.25) is 0 Å². The Kier molecular flexibility index (Phi) is 6.55. The van der Waals surface area contributed by atoms with Crippen molar-refractivity contribution >= 4 is 5.78 Å². The van der Waals surface area contributed by atoms with Crippen LogP contribution in [-0.4, -0.2) is 11.4 Å². The molecule has 0 amide bonds. The fourth-order valence-corrected chi connectivity index (χ4v) is 1.60. The topological polar surface area (TPSA) is 26.3 Å². The lowest BCUT2D eigenvalue weighted by molar-refractivity contribution is 0.0620. The zero-order valence-electron chi connectivity index (χ0n) is 11.8. The van der Waals surface area contributed by atoms with Crippen molar-refractivity contribution in [1.29, 1.82) is 0 Å². The number of carbonyl (C=O) groups excluding carboxylic acids is 1. The summed E-state index contributed by atoms with van der Waals surface area (Å²) in [6.45, 7) is 11.9. The average Bonchev–Trinajstić information content (AvgIpc) is 2.33. The number of benzene rings is 1. The monoisotopic (exact) mass is 236 g/mol. The fourth-order valence-electron chi connectivity index (χ4n) is 1.60. The van der Waals surface area contributed by atoms with Gasteiger partial charge in [0.25, 0.3) is 0 Å².